The maximum atomic E-state index is 12.8. The van der Waals surface area contributed by atoms with Gasteiger partial charge < -0.3 is 20.3 Å². The van der Waals surface area contributed by atoms with Crippen molar-refractivity contribution in [3.63, 3.8) is 0 Å². The van der Waals surface area contributed by atoms with E-state index in [1.165, 1.54) is 0 Å². The molecule has 0 saturated carbocycles. The number of amides is 1. The zero-order chi connectivity index (χ0) is 22.5. The van der Waals surface area contributed by atoms with Crippen LogP contribution in [0.15, 0.2) is 29.3 Å². The van der Waals surface area contributed by atoms with E-state index in [1.54, 1.807) is 7.05 Å². The summed E-state index contributed by atoms with van der Waals surface area (Å²) in [6.45, 7) is 14.9. The Bertz CT molecular complexity index is 760. The topological polar surface area (TPSA) is 69.2 Å². The number of aliphatic imine (C=N–C) groups is 1. The van der Waals surface area contributed by atoms with Crippen molar-refractivity contribution >= 4 is 35.8 Å². The van der Waals surface area contributed by atoms with Gasteiger partial charge in [-0.05, 0) is 51.3 Å². The molecule has 0 aromatic heterocycles. The summed E-state index contributed by atoms with van der Waals surface area (Å²) >= 11 is 0. The third kappa shape index (κ3) is 7.05. The van der Waals surface area contributed by atoms with Gasteiger partial charge in [0, 0.05) is 57.4 Å². The van der Waals surface area contributed by atoms with E-state index < -0.39 is 0 Å². The van der Waals surface area contributed by atoms with Crippen LogP contribution in [0.4, 0.5) is 0 Å². The highest BCUT2D eigenvalue weighted by Crippen LogP contribution is 2.19. The third-order valence-electron chi connectivity index (χ3n) is 6.28. The summed E-state index contributed by atoms with van der Waals surface area (Å²) in [6, 6.07) is 8.82. The fraction of sp³-hybridized carbons (Fsp3) is 0.667. The number of guanidine groups is 1. The number of carbonyl (C=O) groups is 1. The minimum atomic E-state index is 0. The van der Waals surface area contributed by atoms with Crippen molar-refractivity contribution in [2.24, 2.45) is 10.9 Å². The summed E-state index contributed by atoms with van der Waals surface area (Å²) < 4.78 is 5.74. The molecule has 2 aliphatic heterocycles. The normalized spacial score (nSPS) is 26.7. The van der Waals surface area contributed by atoms with Gasteiger partial charge >= 0.3 is 0 Å². The molecule has 8 heteroatoms. The van der Waals surface area contributed by atoms with Crippen molar-refractivity contribution in [1.29, 1.82) is 0 Å². The summed E-state index contributed by atoms with van der Waals surface area (Å²) in [7, 11) is 1.81. The maximum absolute atomic E-state index is 12.8. The van der Waals surface area contributed by atoms with Gasteiger partial charge in [0.05, 0.1) is 12.2 Å². The molecule has 0 radical (unpaired) electrons. The standard InChI is InChI=1S/C24H39N5O2.HI/c1-16(2)28-12-17(3)22(15-28)27-24(25-6)26-11-20-7-9-21(10-8-20)23(30)29-13-18(4)31-19(5)14-29;/h7-10,16-19,22H,11-15H2,1-6H3,(H2,25,26,27);1H. The largest absolute Gasteiger partial charge is 0.372 e. The van der Waals surface area contributed by atoms with Gasteiger partial charge in [-0.15, -0.1) is 24.0 Å². The quantitative estimate of drug-likeness (QED) is 0.331. The minimum absolute atomic E-state index is 0. The molecule has 0 bridgehead atoms. The summed E-state index contributed by atoms with van der Waals surface area (Å²) in [5.74, 6) is 1.47. The number of hydrogen-bond acceptors (Lipinski definition) is 4. The number of halogens is 1. The maximum Gasteiger partial charge on any atom is 0.254 e. The number of nitrogens with one attached hydrogen (secondary N) is 2. The number of nitrogens with zero attached hydrogens (tertiary/aromatic N) is 3. The number of morpholine rings is 1. The van der Waals surface area contributed by atoms with E-state index in [2.05, 4.69) is 41.3 Å². The van der Waals surface area contributed by atoms with Crippen molar-refractivity contribution in [1.82, 2.24) is 20.4 Å². The lowest BCUT2D eigenvalue weighted by Crippen LogP contribution is -2.48. The molecule has 1 aromatic rings. The molecule has 1 aromatic carbocycles. The van der Waals surface area contributed by atoms with E-state index in [9.17, 15) is 4.79 Å². The van der Waals surface area contributed by atoms with Crippen LogP contribution >= 0.6 is 24.0 Å². The molecule has 4 unspecified atom stereocenters. The Morgan fingerprint density at radius 2 is 1.72 bits per heavy atom. The van der Waals surface area contributed by atoms with Crippen molar-refractivity contribution in [3.8, 4) is 0 Å². The Morgan fingerprint density at radius 1 is 1.09 bits per heavy atom. The van der Waals surface area contributed by atoms with Gasteiger partial charge in [-0.25, -0.2) is 0 Å². The van der Waals surface area contributed by atoms with Crippen LogP contribution in [0.5, 0.6) is 0 Å². The van der Waals surface area contributed by atoms with Gasteiger partial charge in [-0.1, -0.05) is 19.1 Å². The van der Waals surface area contributed by atoms with Crippen molar-refractivity contribution in [2.45, 2.75) is 65.5 Å². The van der Waals surface area contributed by atoms with Gasteiger partial charge in [0.2, 0.25) is 0 Å². The fourth-order valence-electron chi connectivity index (χ4n) is 4.46. The summed E-state index contributed by atoms with van der Waals surface area (Å²) in [5.41, 5.74) is 1.84. The number of hydrogen-bond donors (Lipinski definition) is 2. The Balaban J connectivity index is 0.00000363. The number of likely N-dealkylation sites (tertiary alicyclic amines) is 1. The molecule has 2 aliphatic rings. The molecule has 4 atom stereocenters. The molecule has 2 N–H and O–H groups in total. The van der Waals surface area contributed by atoms with Gasteiger partial charge in [0.25, 0.3) is 5.91 Å². The average molecular weight is 558 g/mol. The SMILES string of the molecule is CN=C(NCc1ccc(C(=O)N2CC(C)OC(C)C2)cc1)NC1CN(C(C)C)CC1C.I. The van der Waals surface area contributed by atoms with E-state index in [4.69, 9.17) is 4.74 Å². The highest BCUT2D eigenvalue weighted by molar-refractivity contribution is 14.0. The van der Waals surface area contributed by atoms with Crippen LogP contribution in [0.1, 0.15) is 50.5 Å². The number of benzene rings is 1. The second kappa shape index (κ2) is 12.2. The molecule has 1 amide bonds. The Labute approximate surface area is 210 Å². The lowest BCUT2D eigenvalue weighted by molar-refractivity contribution is -0.0586. The van der Waals surface area contributed by atoms with Gasteiger partial charge in [0.1, 0.15) is 0 Å². The highest BCUT2D eigenvalue weighted by atomic mass is 127. The number of carbonyl (C=O) groups excluding carboxylic acids is 1. The predicted octanol–water partition coefficient (Wildman–Crippen LogP) is 2.95. The van der Waals surface area contributed by atoms with Crippen molar-refractivity contribution in [2.75, 3.05) is 33.2 Å². The first-order valence-corrected chi connectivity index (χ1v) is 11.5. The third-order valence-corrected chi connectivity index (χ3v) is 6.28. The average Bonchev–Trinajstić information content (AvgIpc) is 3.11. The zero-order valence-corrected chi connectivity index (χ0v) is 22.6. The van der Waals surface area contributed by atoms with Gasteiger partial charge in [-0.3, -0.25) is 14.7 Å². The monoisotopic (exact) mass is 557 g/mol. The predicted molar refractivity (Wildman–Crippen MR) is 141 cm³/mol. The lowest BCUT2D eigenvalue weighted by Gasteiger charge is -2.35. The fourth-order valence-corrected chi connectivity index (χ4v) is 4.46. The molecule has 0 aliphatic carbocycles. The first-order valence-electron chi connectivity index (χ1n) is 11.5. The van der Waals surface area contributed by atoms with E-state index >= 15 is 0 Å². The summed E-state index contributed by atoms with van der Waals surface area (Å²) in [5, 5.41) is 6.99. The second-order valence-corrected chi connectivity index (χ2v) is 9.37. The Kier molecular flexibility index (Phi) is 10.2. The van der Waals surface area contributed by atoms with Crippen molar-refractivity contribution in [3.05, 3.63) is 35.4 Å². The Hall–Kier alpha value is -1.39. The molecule has 0 spiro atoms. The number of ether oxygens (including phenoxy) is 1. The molecular formula is C24H40IN5O2. The van der Waals surface area contributed by atoms with Crippen LogP contribution in [-0.2, 0) is 11.3 Å². The number of rotatable bonds is 5. The molecular weight excluding hydrogens is 517 g/mol. The highest BCUT2D eigenvalue weighted by Gasteiger charge is 2.31. The van der Waals surface area contributed by atoms with Crippen LogP contribution < -0.4 is 10.6 Å². The van der Waals surface area contributed by atoms with Crippen LogP contribution in [-0.4, -0.2) is 79.2 Å². The molecule has 2 heterocycles. The summed E-state index contributed by atoms with van der Waals surface area (Å²) in [6.07, 6.45) is 0.149. The smallest absolute Gasteiger partial charge is 0.254 e. The van der Waals surface area contributed by atoms with E-state index in [-0.39, 0.29) is 42.1 Å². The van der Waals surface area contributed by atoms with Crippen LogP contribution in [0, 0.1) is 5.92 Å². The zero-order valence-electron chi connectivity index (χ0n) is 20.3. The second-order valence-electron chi connectivity index (χ2n) is 9.37. The van der Waals surface area contributed by atoms with E-state index in [0.29, 0.717) is 37.6 Å². The molecule has 2 saturated heterocycles. The summed E-state index contributed by atoms with van der Waals surface area (Å²) in [4.78, 5) is 21.6. The molecule has 32 heavy (non-hydrogen) atoms. The first-order chi connectivity index (χ1) is 14.8. The van der Waals surface area contributed by atoms with E-state index in [1.807, 2.05) is 43.0 Å². The van der Waals surface area contributed by atoms with Gasteiger partial charge in [0.15, 0.2) is 5.96 Å². The van der Waals surface area contributed by atoms with Gasteiger partial charge in [-0.2, -0.15) is 0 Å². The molecule has 2 fully saturated rings. The van der Waals surface area contributed by atoms with Crippen LogP contribution in [0.25, 0.3) is 0 Å². The van der Waals surface area contributed by atoms with Crippen molar-refractivity contribution < 1.29 is 9.53 Å². The molecule has 3 rings (SSSR count). The lowest BCUT2D eigenvalue weighted by atomic mass is 10.1. The van der Waals surface area contributed by atoms with Crippen LogP contribution in [0.3, 0.4) is 0 Å². The first kappa shape index (κ1) is 26.9. The van der Waals surface area contributed by atoms with Crippen LogP contribution in [0.2, 0.25) is 0 Å². The Morgan fingerprint density at radius 3 is 2.25 bits per heavy atom. The minimum Gasteiger partial charge on any atom is -0.372 e. The molecule has 7 nitrogen and oxygen atoms in total. The van der Waals surface area contributed by atoms with E-state index in [0.717, 1.165) is 30.2 Å². The molecule has 180 valence electrons.